The number of hydrogen-bond donors (Lipinski definition) is 0. The molecule has 0 saturated carbocycles. The minimum atomic E-state index is 0.495. The maximum atomic E-state index is 5.79. The number of aryl methyl sites for hydroxylation is 1. The molecule has 0 aliphatic rings. The van der Waals surface area contributed by atoms with Crippen molar-refractivity contribution in [2.75, 3.05) is 0 Å². The largest absolute Gasteiger partial charge is 0.439 e. The quantitative estimate of drug-likeness (QED) is 0.552. The normalized spacial score (nSPS) is 11.0. The van der Waals surface area contributed by atoms with E-state index < -0.39 is 0 Å². The third kappa shape index (κ3) is 2.15. The van der Waals surface area contributed by atoms with Gasteiger partial charge in [-0.3, -0.25) is 4.98 Å². The monoisotopic (exact) mass is 287 g/mol. The molecule has 0 amide bonds. The number of nitrogens with zero attached hydrogens (tertiary/aromatic N) is 3. The van der Waals surface area contributed by atoms with E-state index in [1.54, 1.807) is 6.20 Å². The van der Waals surface area contributed by atoms with Crippen molar-refractivity contribution >= 4 is 11.0 Å². The van der Waals surface area contributed by atoms with Crippen LogP contribution >= 0.6 is 0 Å². The fourth-order valence-electron chi connectivity index (χ4n) is 2.43. The number of benzene rings is 2. The Bertz CT molecular complexity index is 945. The van der Waals surface area contributed by atoms with Crippen molar-refractivity contribution in [1.82, 2.24) is 15.0 Å². The van der Waals surface area contributed by atoms with E-state index in [2.05, 4.69) is 15.0 Å². The zero-order chi connectivity index (χ0) is 14.9. The molecule has 4 nitrogen and oxygen atoms in total. The molecule has 4 rings (SSSR count). The molecule has 0 spiro atoms. The Kier molecular flexibility index (Phi) is 2.93. The highest BCUT2D eigenvalue weighted by Gasteiger charge is 2.14. The molecular weight excluding hydrogens is 274 g/mol. The second kappa shape index (κ2) is 5.07. The van der Waals surface area contributed by atoms with Crippen LogP contribution in [0.1, 0.15) is 5.76 Å². The van der Waals surface area contributed by atoms with Gasteiger partial charge in [-0.25, -0.2) is 9.97 Å². The summed E-state index contributed by atoms with van der Waals surface area (Å²) < 4.78 is 5.79. The predicted octanol–water partition coefficient (Wildman–Crippen LogP) is 4.26. The van der Waals surface area contributed by atoms with Gasteiger partial charge < -0.3 is 4.42 Å². The summed E-state index contributed by atoms with van der Waals surface area (Å²) in [5.74, 6) is 1.27. The van der Waals surface area contributed by atoms with Crippen molar-refractivity contribution in [2.45, 2.75) is 6.92 Å². The Balaban J connectivity index is 1.82. The highest BCUT2D eigenvalue weighted by molar-refractivity contribution is 5.76. The molecule has 2 heterocycles. The standard InChI is InChI=1S/C18H13N3O/c1-12-17(13-7-3-2-4-8-13)21-18(22-12)16-11-19-14-9-5-6-10-15(14)20-16/h2-11H,1H3. The number of oxazole rings is 1. The Hall–Kier alpha value is -3.01. The Morgan fingerprint density at radius 1 is 0.818 bits per heavy atom. The van der Waals surface area contributed by atoms with Crippen LogP contribution in [0.25, 0.3) is 33.9 Å². The Labute approximate surface area is 127 Å². The average Bonchev–Trinajstić information content (AvgIpc) is 2.97. The lowest BCUT2D eigenvalue weighted by Crippen LogP contribution is -1.88. The molecular formula is C18H13N3O. The van der Waals surface area contributed by atoms with Crippen LogP contribution in [0, 0.1) is 6.92 Å². The second-order valence-electron chi connectivity index (χ2n) is 5.03. The second-order valence-corrected chi connectivity index (χ2v) is 5.03. The molecule has 22 heavy (non-hydrogen) atoms. The average molecular weight is 287 g/mol. The van der Waals surface area contributed by atoms with Crippen molar-refractivity contribution < 1.29 is 4.42 Å². The molecule has 2 aromatic heterocycles. The van der Waals surface area contributed by atoms with Gasteiger partial charge in [0.25, 0.3) is 0 Å². The fourth-order valence-corrected chi connectivity index (χ4v) is 2.43. The van der Waals surface area contributed by atoms with Gasteiger partial charge in [-0.2, -0.15) is 0 Å². The van der Waals surface area contributed by atoms with E-state index in [0.717, 1.165) is 28.1 Å². The summed E-state index contributed by atoms with van der Waals surface area (Å²) in [5, 5.41) is 0. The molecule has 0 fully saturated rings. The maximum absolute atomic E-state index is 5.79. The van der Waals surface area contributed by atoms with E-state index in [0.29, 0.717) is 11.6 Å². The van der Waals surface area contributed by atoms with Crippen LogP contribution in [0.3, 0.4) is 0 Å². The predicted molar refractivity (Wildman–Crippen MR) is 85.2 cm³/mol. The van der Waals surface area contributed by atoms with Crippen molar-refractivity contribution in [1.29, 1.82) is 0 Å². The summed E-state index contributed by atoms with van der Waals surface area (Å²) in [4.78, 5) is 13.6. The van der Waals surface area contributed by atoms with Crippen LogP contribution in [0.2, 0.25) is 0 Å². The summed E-state index contributed by atoms with van der Waals surface area (Å²) in [6, 6.07) is 17.7. The number of hydrogen-bond acceptors (Lipinski definition) is 4. The van der Waals surface area contributed by atoms with E-state index in [-0.39, 0.29) is 0 Å². The zero-order valence-corrected chi connectivity index (χ0v) is 12.0. The zero-order valence-electron chi connectivity index (χ0n) is 12.0. The summed E-state index contributed by atoms with van der Waals surface area (Å²) in [6.07, 6.45) is 1.70. The summed E-state index contributed by atoms with van der Waals surface area (Å²) in [6.45, 7) is 1.91. The molecule has 0 atom stereocenters. The lowest BCUT2D eigenvalue weighted by Gasteiger charge is -1.98. The third-order valence-corrected chi connectivity index (χ3v) is 3.51. The van der Waals surface area contributed by atoms with Crippen LogP contribution in [-0.2, 0) is 0 Å². The van der Waals surface area contributed by atoms with Gasteiger partial charge in [-0.1, -0.05) is 42.5 Å². The molecule has 0 aliphatic heterocycles. The third-order valence-electron chi connectivity index (χ3n) is 3.51. The smallest absolute Gasteiger partial charge is 0.247 e. The molecule has 0 saturated heterocycles. The van der Waals surface area contributed by atoms with Gasteiger partial charge in [0.1, 0.15) is 17.1 Å². The van der Waals surface area contributed by atoms with Gasteiger partial charge in [0, 0.05) is 5.56 Å². The number of fused-ring (bicyclic) bond motifs is 1. The molecule has 4 heteroatoms. The van der Waals surface area contributed by atoms with E-state index >= 15 is 0 Å². The van der Waals surface area contributed by atoms with Crippen LogP contribution in [0.4, 0.5) is 0 Å². The SMILES string of the molecule is Cc1oc(-c2cnc3ccccc3n2)nc1-c1ccccc1. The van der Waals surface area contributed by atoms with Crippen molar-refractivity contribution in [3.63, 3.8) is 0 Å². The first kappa shape index (κ1) is 12.7. The van der Waals surface area contributed by atoms with Crippen molar-refractivity contribution in [3.05, 3.63) is 66.6 Å². The number of rotatable bonds is 2. The first-order chi connectivity index (χ1) is 10.8. The van der Waals surface area contributed by atoms with Crippen LogP contribution in [-0.4, -0.2) is 15.0 Å². The molecule has 0 N–H and O–H groups in total. The van der Waals surface area contributed by atoms with Crippen molar-refractivity contribution in [2.24, 2.45) is 0 Å². The minimum absolute atomic E-state index is 0.495. The highest BCUT2D eigenvalue weighted by Crippen LogP contribution is 2.27. The topological polar surface area (TPSA) is 51.8 Å². The lowest BCUT2D eigenvalue weighted by molar-refractivity contribution is 0.541. The van der Waals surface area contributed by atoms with Gasteiger partial charge in [-0.15, -0.1) is 0 Å². The van der Waals surface area contributed by atoms with Crippen LogP contribution in [0.5, 0.6) is 0 Å². The van der Waals surface area contributed by atoms with E-state index in [9.17, 15) is 0 Å². The summed E-state index contributed by atoms with van der Waals surface area (Å²) in [7, 11) is 0. The number of aromatic nitrogens is 3. The van der Waals surface area contributed by atoms with Gasteiger partial charge >= 0.3 is 0 Å². The molecule has 0 aliphatic carbocycles. The van der Waals surface area contributed by atoms with E-state index in [4.69, 9.17) is 4.42 Å². The van der Waals surface area contributed by atoms with Gasteiger partial charge in [0.05, 0.1) is 17.2 Å². The van der Waals surface area contributed by atoms with Crippen molar-refractivity contribution in [3.8, 4) is 22.8 Å². The van der Waals surface area contributed by atoms with Gasteiger partial charge in [-0.05, 0) is 19.1 Å². The molecule has 2 aromatic carbocycles. The molecule has 4 aromatic rings. The molecule has 0 unspecified atom stereocenters. The van der Waals surface area contributed by atoms with Crippen LogP contribution in [0.15, 0.2) is 65.2 Å². The Morgan fingerprint density at radius 3 is 2.36 bits per heavy atom. The number of para-hydroxylation sites is 2. The Morgan fingerprint density at radius 2 is 1.55 bits per heavy atom. The molecule has 106 valence electrons. The highest BCUT2D eigenvalue weighted by atomic mass is 16.4. The fraction of sp³-hybridized carbons (Fsp3) is 0.0556. The van der Waals surface area contributed by atoms with Crippen LogP contribution < -0.4 is 0 Å². The van der Waals surface area contributed by atoms with E-state index in [1.165, 1.54) is 0 Å². The minimum Gasteiger partial charge on any atom is -0.439 e. The molecule has 0 bridgehead atoms. The maximum Gasteiger partial charge on any atom is 0.247 e. The molecule has 0 radical (unpaired) electrons. The first-order valence-electron chi connectivity index (χ1n) is 7.06. The first-order valence-corrected chi connectivity index (χ1v) is 7.06. The summed E-state index contributed by atoms with van der Waals surface area (Å²) in [5.41, 5.74) is 4.20. The van der Waals surface area contributed by atoms with Gasteiger partial charge in [0.15, 0.2) is 0 Å². The van der Waals surface area contributed by atoms with E-state index in [1.807, 2.05) is 61.5 Å². The lowest BCUT2D eigenvalue weighted by atomic mass is 10.1. The summed E-state index contributed by atoms with van der Waals surface area (Å²) >= 11 is 0. The van der Waals surface area contributed by atoms with Gasteiger partial charge in [0.2, 0.25) is 5.89 Å².